The van der Waals surface area contributed by atoms with Gasteiger partial charge in [0.25, 0.3) is 0 Å². The number of benzene rings is 1. The first-order valence-corrected chi connectivity index (χ1v) is 7.16. The number of methoxy groups -OCH3 is 1. The van der Waals surface area contributed by atoms with Crippen LogP contribution in [0.15, 0.2) is 6.07 Å². The maximum atomic E-state index is 11.7. The van der Waals surface area contributed by atoms with Gasteiger partial charge < -0.3 is 4.74 Å². The summed E-state index contributed by atoms with van der Waals surface area (Å²) in [7, 11) is -1.90. The maximum absolute atomic E-state index is 11.7. The lowest BCUT2D eigenvalue weighted by molar-refractivity contribution is 0.398. The van der Waals surface area contributed by atoms with E-state index >= 15 is 0 Å². The third-order valence-electron chi connectivity index (χ3n) is 2.93. The van der Waals surface area contributed by atoms with Crippen LogP contribution in [-0.2, 0) is 15.6 Å². The first-order chi connectivity index (χ1) is 8.15. The fourth-order valence-electron chi connectivity index (χ4n) is 2.22. The third-order valence-corrected chi connectivity index (χ3v) is 3.88. The Morgan fingerprint density at radius 2 is 1.72 bits per heavy atom. The van der Waals surface area contributed by atoms with E-state index in [4.69, 9.17) is 4.74 Å². The molecule has 2 N–H and O–H groups in total. The predicted molar refractivity (Wildman–Crippen MR) is 72.6 cm³/mol. The molecule has 1 aromatic rings. The second kappa shape index (κ2) is 3.78. The summed E-state index contributed by atoms with van der Waals surface area (Å²) in [4.78, 5) is 0. The minimum atomic E-state index is -3.49. The van der Waals surface area contributed by atoms with Crippen molar-refractivity contribution in [2.75, 3.05) is 16.6 Å². The van der Waals surface area contributed by atoms with E-state index in [1.165, 1.54) is 0 Å². The van der Waals surface area contributed by atoms with Crippen LogP contribution in [-0.4, -0.2) is 15.5 Å². The molecule has 1 aliphatic heterocycles. The zero-order valence-electron chi connectivity index (χ0n) is 11.2. The van der Waals surface area contributed by atoms with Gasteiger partial charge in [0.05, 0.1) is 18.5 Å². The largest absolute Gasteiger partial charge is 0.496 e. The van der Waals surface area contributed by atoms with Crippen molar-refractivity contribution in [2.24, 2.45) is 0 Å². The molecule has 2 rings (SSSR count). The summed E-state index contributed by atoms with van der Waals surface area (Å²) in [6.45, 7) is 7.91. The van der Waals surface area contributed by atoms with E-state index in [0.29, 0.717) is 17.1 Å². The molecule has 0 aromatic heterocycles. The molecule has 0 spiro atoms. The predicted octanol–water partition coefficient (Wildman–Crippen LogP) is 2.38. The van der Waals surface area contributed by atoms with Gasteiger partial charge in [0.15, 0.2) is 0 Å². The lowest BCUT2D eigenvalue weighted by atomic mass is 9.84. The van der Waals surface area contributed by atoms with Gasteiger partial charge >= 0.3 is 10.2 Å². The number of aryl methyl sites for hydroxylation is 1. The highest BCUT2D eigenvalue weighted by Gasteiger charge is 2.33. The quantitative estimate of drug-likeness (QED) is 0.823. The Bertz CT molecular complexity index is 601. The van der Waals surface area contributed by atoms with Crippen molar-refractivity contribution in [2.45, 2.75) is 33.1 Å². The Balaban J connectivity index is 2.79. The number of ether oxygens (including phenoxy) is 1. The Morgan fingerprint density at radius 3 is 2.22 bits per heavy atom. The van der Waals surface area contributed by atoms with Crippen molar-refractivity contribution in [3.05, 3.63) is 17.2 Å². The average Bonchev–Trinajstić information content (AvgIpc) is 2.51. The van der Waals surface area contributed by atoms with Gasteiger partial charge in [0.1, 0.15) is 5.75 Å². The van der Waals surface area contributed by atoms with Crippen LogP contribution in [0.1, 0.15) is 31.9 Å². The average molecular weight is 270 g/mol. The second-order valence-electron chi connectivity index (χ2n) is 5.48. The highest BCUT2D eigenvalue weighted by Crippen LogP contribution is 2.46. The fourth-order valence-corrected chi connectivity index (χ4v) is 3.28. The van der Waals surface area contributed by atoms with Crippen molar-refractivity contribution >= 4 is 21.6 Å². The van der Waals surface area contributed by atoms with Crippen LogP contribution in [0.4, 0.5) is 11.4 Å². The van der Waals surface area contributed by atoms with Gasteiger partial charge in [-0.25, -0.2) is 0 Å². The van der Waals surface area contributed by atoms with Gasteiger partial charge in [-0.2, -0.15) is 8.42 Å². The van der Waals surface area contributed by atoms with Crippen molar-refractivity contribution in [3.8, 4) is 5.75 Å². The SMILES string of the molecule is COc1cc(C)c2c(c1C(C)(C)C)NS(=O)(=O)N2. The van der Waals surface area contributed by atoms with E-state index in [-0.39, 0.29) is 5.41 Å². The van der Waals surface area contributed by atoms with Crippen molar-refractivity contribution in [1.29, 1.82) is 0 Å². The molecule has 5 nitrogen and oxygen atoms in total. The summed E-state index contributed by atoms with van der Waals surface area (Å²) in [5.41, 5.74) is 2.68. The van der Waals surface area contributed by atoms with Crippen molar-refractivity contribution < 1.29 is 13.2 Å². The molecule has 0 bridgehead atoms. The van der Waals surface area contributed by atoms with Crippen LogP contribution in [0.25, 0.3) is 0 Å². The van der Waals surface area contributed by atoms with Gasteiger partial charge in [-0.15, -0.1) is 0 Å². The van der Waals surface area contributed by atoms with E-state index in [2.05, 4.69) is 9.44 Å². The van der Waals surface area contributed by atoms with Crippen LogP contribution in [0.3, 0.4) is 0 Å². The Kier molecular flexibility index (Phi) is 2.73. The van der Waals surface area contributed by atoms with E-state index in [9.17, 15) is 8.42 Å². The molecular weight excluding hydrogens is 252 g/mol. The van der Waals surface area contributed by atoms with Crippen LogP contribution in [0.2, 0.25) is 0 Å². The molecule has 1 aliphatic rings. The minimum Gasteiger partial charge on any atom is -0.496 e. The van der Waals surface area contributed by atoms with Gasteiger partial charge in [0, 0.05) is 5.56 Å². The summed E-state index contributed by atoms with van der Waals surface area (Å²) in [5, 5.41) is 0. The highest BCUT2D eigenvalue weighted by molar-refractivity contribution is 7.94. The van der Waals surface area contributed by atoms with Crippen LogP contribution >= 0.6 is 0 Å². The summed E-state index contributed by atoms with van der Waals surface area (Å²) in [6, 6.07) is 1.86. The Morgan fingerprint density at radius 1 is 1.17 bits per heavy atom. The molecule has 0 saturated heterocycles. The monoisotopic (exact) mass is 270 g/mol. The first kappa shape index (κ1) is 13.0. The number of fused-ring (bicyclic) bond motifs is 1. The summed E-state index contributed by atoms with van der Waals surface area (Å²) in [5.74, 6) is 0.699. The molecule has 0 radical (unpaired) electrons. The Labute approximate surface area is 108 Å². The molecule has 0 saturated carbocycles. The van der Waals surface area contributed by atoms with E-state index in [1.807, 2.05) is 33.8 Å². The van der Waals surface area contributed by atoms with Crippen LogP contribution in [0, 0.1) is 6.92 Å². The minimum absolute atomic E-state index is 0.225. The summed E-state index contributed by atoms with van der Waals surface area (Å²) >= 11 is 0. The van der Waals surface area contributed by atoms with Crippen molar-refractivity contribution in [1.82, 2.24) is 0 Å². The fraction of sp³-hybridized carbons (Fsp3) is 0.500. The van der Waals surface area contributed by atoms with Gasteiger partial charge in [-0.3, -0.25) is 9.44 Å². The molecule has 0 fully saturated rings. The molecule has 1 aromatic carbocycles. The number of hydrogen-bond acceptors (Lipinski definition) is 3. The number of rotatable bonds is 1. The lowest BCUT2D eigenvalue weighted by Gasteiger charge is -2.25. The molecule has 0 unspecified atom stereocenters. The summed E-state index contributed by atoms with van der Waals surface area (Å²) in [6.07, 6.45) is 0. The van der Waals surface area contributed by atoms with E-state index in [1.54, 1.807) is 7.11 Å². The Hall–Kier alpha value is -1.43. The smallest absolute Gasteiger partial charge is 0.321 e. The maximum Gasteiger partial charge on any atom is 0.321 e. The number of anilines is 2. The van der Waals surface area contributed by atoms with Crippen LogP contribution < -0.4 is 14.2 Å². The first-order valence-electron chi connectivity index (χ1n) is 5.68. The molecule has 6 heteroatoms. The standard InChI is InChI=1S/C12H18N2O3S/c1-7-6-8(17-5)9(12(2,3)4)11-10(7)13-18(15,16)14-11/h6,13-14H,1-5H3. The van der Waals surface area contributed by atoms with Gasteiger partial charge in [-0.1, -0.05) is 20.8 Å². The second-order valence-corrected chi connectivity index (χ2v) is 6.89. The summed E-state index contributed by atoms with van der Waals surface area (Å²) < 4.78 is 33.8. The van der Waals surface area contributed by atoms with E-state index < -0.39 is 10.2 Å². The number of hydrogen-bond donors (Lipinski definition) is 2. The molecule has 100 valence electrons. The molecule has 1 heterocycles. The third kappa shape index (κ3) is 2.01. The van der Waals surface area contributed by atoms with Gasteiger partial charge in [0.2, 0.25) is 0 Å². The number of nitrogens with one attached hydrogen (secondary N) is 2. The highest BCUT2D eigenvalue weighted by atomic mass is 32.2. The molecule has 18 heavy (non-hydrogen) atoms. The van der Waals surface area contributed by atoms with Crippen LogP contribution in [0.5, 0.6) is 5.75 Å². The zero-order chi connectivity index (χ0) is 13.7. The normalized spacial score (nSPS) is 16.7. The molecule has 0 atom stereocenters. The van der Waals surface area contributed by atoms with E-state index in [0.717, 1.165) is 11.1 Å². The topological polar surface area (TPSA) is 67.4 Å². The zero-order valence-corrected chi connectivity index (χ0v) is 12.0. The molecule has 0 aliphatic carbocycles. The van der Waals surface area contributed by atoms with Crippen molar-refractivity contribution in [3.63, 3.8) is 0 Å². The molecule has 0 amide bonds. The lowest BCUT2D eigenvalue weighted by Crippen LogP contribution is -2.17. The molecular formula is C12H18N2O3S. The van der Waals surface area contributed by atoms with Gasteiger partial charge in [-0.05, 0) is 24.0 Å².